The number of rotatable bonds is 10. The summed E-state index contributed by atoms with van der Waals surface area (Å²) in [6.07, 6.45) is 1.99. The van der Waals surface area contributed by atoms with Crippen LogP contribution in [0.4, 0.5) is 4.79 Å². The van der Waals surface area contributed by atoms with E-state index < -0.39 is 59.6 Å². The van der Waals surface area contributed by atoms with Crippen LogP contribution in [-0.2, 0) is 33.3 Å². The number of azide groups is 1. The second-order valence-corrected chi connectivity index (χ2v) is 15.0. The molecule has 274 valence electrons. The zero-order chi connectivity index (χ0) is 36.0. The van der Waals surface area contributed by atoms with Gasteiger partial charge >= 0.3 is 12.1 Å². The van der Waals surface area contributed by atoms with Gasteiger partial charge in [-0.05, 0) is 91.8 Å². The van der Waals surface area contributed by atoms with Gasteiger partial charge in [0, 0.05) is 43.0 Å². The first-order valence-corrected chi connectivity index (χ1v) is 17.8. The van der Waals surface area contributed by atoms with Gasteiger partial charge in [-0.25, -0.2) is 4.79 Å². The molecule has 0 spiro atoms. The van der Waals surface area contributed by atoms with E-state index >= 15 is 0 Å². The number of ketones is 1. The molecule has 0 N–H and O–H groups in total. The molecule has 3 saturated heterocycles. The van der Waals surface area contributed by atoms with Crippen molar-refractivity contribution in [1.82, 2.24) is 9.80 Å². The van der Waals surface area contributed by atoms with E-state index in [2.05, 4.69) is 42.9 Å². The molecule has 0 saturated carbocycles. The summed E-state index contributed by atoms with van der Waals surface area (Å²) in [6.45, 7) is 16.1. The van der Waals surface area contributed by atoms with E-state index in [1.54, 1.807) is 25.9 Å². The summed E-state index contributed by atoms with van der Waals surface area (Å²) in [4.78, 5) is 48.1. The van der Waals surface area contributed by atoms with Crippen LogP contribution in [0.3, 0.4) is 0 Å². The maximum absolute atomic E-state index is 14.1. The molecule has 0 aromatic heterocycles. The van der Waals surface area contributed by atoms with Crippen molar-refractivity contribution in [1.29, 1.82) is 0 Å². The van der Waals surface area contributed by atoms with Crippen molar-refractivity contribution in [3.63, 3.8) is 0 Å². The van der Waals surface area contributed by atoms with Crippen LogP contribution in [0.15, 0.2) is 5.11 Å². The number of ether oxygens (including phenoxy) is 5. The fourth-order valence-electron chi connectivity index (χ4n) is 8.32. The molecule has 12 atom stereocenters. The van der Waals surface area contributed by atoms with Crippen molar-refractivity contribution < 1.29 is 38.1 Å². The van der Waals surface area contributed by atoms with Crippen molar-refractivity contribution in [2.75, 3.05) is 34.3 Å². The first-order valence-electron chi connectivity index (χ1n) is 17.8. The van der Waals surface area contributed by atoms with Gasteiger partial charge in [0.25, 0.3) is 0 Å². The molecule has 0 bridgehead atoms. The summed E-state index contributed by atoms with van der Waals surface area (Å²) in [6, 6.07) is -0.164. The van der Waals surface area contributed by atoms with Crippen LogP contribution in [-0.4, -0.2) is 110 Å². The minimum Gasteiger partial charge on any atom is -0.458 e. The van der Waals surface area contributed by atoms with Crippen LogP contribution < -0.4 is 0 Å². The van der Waals surface area contributed by atoms with Gasteiger partial charge in [0.05, 0.1) is 23.9 Å². The van der Waals surface area contributed by atoms with Crippen molar-refractivity contribution in [3.8, 4) is 0 Å². The fraction of sp³-hybridized carbons (Fsp3) is 0.914. The van der Waals surface area contributed by atoms with Gasteiger partial charge in [-0.15, -0.1) is 0 Å². The molecule has 3 rings (SSSR count). The lowest BCUT2D eigenvalue weighted by Gasteiger charge is -2.47. The van der Waals surface area contributed by atoms with Gasteiger partial charge in [-0.1, -0.05) is 39.2 Å². The fourth-order valence-corrected chi connectivity index (χ4v) is 8.32. The number of esters is 1. The Labute approximate surface area is 287 Å². The quantitative estimate of drug-likeness (QED) is 0.0663. The largest absolute Gasteiger partial charge is 0.458 e. The van der Waals surface area contributed by atoms with Crippen LogP contribution in [0.5, 0.6) is 0 Å². The zero-order valence-corrected chi connectivity index (χ0v) is 31.1. The monoisotopic (exact) mass is 679 g/mol. The lowest BCUT2D eigenvalue weighted by atomic mass is 9.76. The Morgan fingerprint density at radius 2 is 1.79 bits per heavy atom. The Morgan fingerprint density at radius 1 is 1.10 bits per heavy atom. The minimum atomic E-state index is -1.13. The summed E-state index contributed by atoms with van der Waals surface area (Å²) < 4.78 is 31.6. The Kier molecular flexibility index (Phi) is 14.1. The molecule has 3 aliphatic heterocycles. The second kappa shape index (κ2) is 17.0. The highest BCUT2D eigenvalue weighted by Crippen LogP contribution is 2.43. The van der Waals surface area contributed by atoms with E-state index in [4.69, 9.17) is 29.2 Å². The van der Waals surface area contributed by atoms with Gasteiger partial charge in [-0.2, -0.15) is 0 Å². The molecule has 0 aromatic carbocycles. The molecule has 13 heteroatoms. The smallest absolute Gasteiger partial charge is 0.410 e. The van der Waals surface area contributed by atoms with E-state index in [0.717, 1.165) is 19.3 Å². The summed E-state index contributed by atoms with van der Waals surface area (Å²) in [5.74, 6) is -2.77. The number of methoxy groups -OCH3 is 1. The van der Waals surface area contributed by atoms with Crippen molar-refractivity contribution in [3.05, 3.63) is 10.4 Å². The van der Waals surface area contributed by atoms with Gasteiger partial charge in [0.2, 0.25) is 0 Å². The van der Waals surface area contributed by atoms with E-state index in [1.807, 2.05) is 27.7 Å². The van der Waals surface area contributed by atoms with Crippen molar-refractivity contribution in [2.45, 2.75) is 148 Å². The Hall–Kier alpha value is -2.44. The number of cyclic esters (lactones) is 1. The summed E-state index contributed by atoms with van der Waals surface area (Å²) in [5.41, 5.74) is 6.63. The molecule has 48 heavy (non-hydrogen) atoms. The normalized spacial score (nSPS) is 40.1. The number of carbonyl (C=O) groups excluding carboxylic acids is 3. The second-order valence-electron chi connectivity index (χ2n) is 15.0. The Bertz CT molecular complexity index is 1170. The van der Waals surface area contributed by atoms with E-state index in [0.29, 0.717) is 38.8 Å². The summed E-state index contributed by atoms with van der Waals surface area (Å²) in [5, 5.41) is 3.62. The molecule has 1 amide bonds. The van der Waals surface area contributed by atoms with Gasteiger partial charge in [0.15, 0.2) is 17.7 Å². The van der Waals surface area contributed by atoms with Crippen molar-refractivity contribution >= 4 is 17.8 Å². The highest BCUT2D eigenvalue weighted by molar-refractivity contribution is 6.00. The number of hydrogen-bond donors (Lipinski definition) is 0. The third-order valence-electron chi connectivity index (χ3n) is 11.2. The van der Waals surface area contributed by atoms with Gasteiger partial charge < -0.3 is 33.5 Å². The molecule has 3 fully saturated rings. The van der Waals surface area contributed by atoms with Crippen LogP contribution in [0.2, 0.25) is 0 Å². The van der Waals surface area contributed by atoms with Crippen LogP contribution in [0, 0.1) is 23.7 Å². The van der Waals surface area contributed by atoms with E-state index in [1.165, 1.54) is 0 Å². The number of nitrogens with zero attached hydrogens (tertiary/aromatic N) is 5. The van der Waals surface area contributed by atoms with E-state index in [9.17, 15) is 14.4 Å². The highest BCUT2D eigenvalue weighted by Gasteiger charge is 2.58. The average molecular weight is 680 g/mol. The zero-order valence-electron chi connectivity index (χ0n) is 31.1. The van der Waals surface area contributed by atoms with Crippen LogP contribution >= 0.6 is 0 Å². The highest BCUT2D eigenvalue weighted by atomic mass is 16.7. The number of unbranched alkanes of at least 4 members (excludes halogenated alkanes) is 1. The SMILES string of the molecule is CC[C@H]1OC(=O)[C@H](C)C(=O)[C@H](C)[C@@H](O[C@@H]2O[C@H](C)CC(N(C)C)[C@H]2C)[C@](C)(OC)CCC[C@H](C)[C@H]2N(CCCCN=[N+]=[N-])C(=O)O[C@]12C. The lowest BCUT2D eigenvalue weighted by molar-refractivity contribution is -0.280. The summed E-state index contributed by atoms with van der Waals surface area (Å²) in [7, 11) is 5.75. The number of fused-ring (bicyclic) bond motifs is 1. The van der Waals surface area contributed by atoms with Crippen LogP contribution in [0.25, 0.3) is 10.4 Å². The van der Waals surface area contributed by atoms with Crippen molar-refractivity contribution in [2.24, 2.45) is 28.8 Å². The molecule has 13 nitrogen and oxygen atoms in total. The minimum absolute atomic E-state index is 0.0238. The molecular formula is C35H61N5O8. The molecule has 0 radical (unpaired) electrons. The van der Waals surface area contributed by atoms with Gasteiger partial charge in [0.1, 0.15) is 12.0 Å². The Balaban J connectivity index is 2.00. The topological polar surface area (TPSA) is 153 Å². The number of amides is 1. The maximum atomic E-state index is 14.1. The number of carbonyl (C=O) groups is 3. The van der Waals surface area contributed by atoms with Crippen LogP contribution in [0.1, 0.15) is 100 Å². The first-order chi connectivity index (χ1) is 22.6. The molecule has 0 aliphatic carbocycles. The predicted molar refractivity (Wildman–Crippen MR) is 181 cm³/mol. The lowest BCUT2D eigenvalue weighted by Crippen LogP contribution is -2.57. The molecule has 3 aliphatic rings. The van der Waals surface area contributed by atoms with E-state index in [-0.39, 0.29) is 29.8 Å². The third-order valence-corrected chi connectivity index (χ3v) is 11.2. The average Bonchev–Trinajstić information content (AvgIpc) is 3.30. The molecule has 0 aromatic rings. The summed E-state index contributed by atoms with van der Waals surface area (Å²) >= 11 is 0. The predicted octanol–water partition coefficient (Wildman–Crippen LogP) is 6.13. The first kappa shape index (κ1) is 40.0. The number of Topliss-reactive ketones (excluding diaryl/α,β-unsaturated/α-hetero) is 1. The maximum Gasteiger partial charge on any atom is 0.410 e. The third kappa shape index (κ3) is 8.64. The standard InChI is InChI=1S/C35H61N5O8/c1-12-27-35(8)29(40(33(43)48-35)19-14-13-18-37-38-36)21(2)16-15-17-34(7,44-11)30(24(5)28(41)25(6)31(42)46-27)47-32-23(4)26(39(9)10)20-22(3)45-32/h21-27,29-30,32H,12-20H2,1-11H3/t21-,22+,23+,24-,25+,26?,27+,29+,30+,32-,34+,35+/m0/s1. The Morgan fingerprint density at radius 3 is 2.40 bits per heavy atom. The molecular weight excluding hydrogens is 618 g/mol. The molecule has 1 unspecified atom stereocenters. The van der Waals surface area contributed by atoms with Gasteiger partial charge in [-0.3, -0.25) is 9.59 Å². The molecule has 3 heterocycles. The number of hydrogen-bond acceptors (Lipinski definition) is 10.